The van der Waals surface area contributed by atoms with Gasteiger partial charge < -0.3 is 15.0 Å². The van der Waals surface area contributed by atoms with Crippen molar-refractivity contribution < 1.29 is 14.3 Å². The maximum absolute atomic E-state index is 12.1. The monoisotopic (exact) mass is 354 g/mol. The Morgan fingerprint density at radius 3 is 2.35 bits per heavy atom. The van der Waals surface area contributed by atoms with Crippen LogP contribution < -0.4 is 10.1 Å². The zero-order valence-corrected chi connectivity index (χ0v) is 15.8. The number of amides is 2. The summed E-state index contributed by atoms with van der Waals surface area (Å²) in [6.45, 7) is 4.13. The fraction of sp³-hybridized carbons (Fsp3) is 0.333. The number of carbonyl (C=O) groups excluding carboxylic acids is 2. The molecule has 2 amide bonds. The Kier molecular flexibility index (Phi) is 6.78. The topological polar surface area (TPSA) is 58.6 Å². The second-order valence-electron chi connectivity index (χ2n) is 6.58. The molecule has 0 radical (unpaired) electrons. The average Bonchev–Trinajstić information content (AvgIpc) is 2.60. The summed E-state index contributed by atoms with van der Waals surface area (Å²) in [5.74, 6) is 0.462. The van der Waals surface area contributed by atoms with E-state index in [1.165, 1.54) is 21.6 Å². The number of hydrogen-bond donors (Lipinski definition) is 1. The quantitative estimate of drug-likeness (QED) is 0.830. The standard InChI is InChI=1S/C21H26N2O3/c1-15-5-6-17(16(2)13-15)7-12-20(24)22-18-8-10-19(11-9-18)26-14-21(25)23(3)4/h5-6,8-11,13H,7,12,14H2,1-4H3,(H,22,24). The van der Waals surface area contributed by atoms with Gasteiger partial charge in [-0.2, -0.15) is 0 Å². The first kappa shape index (κ1) is 19.5. The number of likely N-dealkylation sites (N-methyl/N-ethyl adjacent to an activating group) is 1. The molecule has 2 rings (SSSR count). The molecule has 0 saturated carbocycles. The lowest BCUT2D eigenvalue weighted by Crippen LogP contribution is -2.27. The molecule has 0 saturated heterocycles. The molecule has 138 valence electrons. The number of nitrogens with zero attached hydrogens (tertiary/aromatic N) is 1. The Morgan fingerprint density at radius 2 is 1.73 bits per heavy atom. The second kappa shape index (κ2) is 9.04. The van der Waals surface area contributed by atoms with Gasteiger partial charge in [-0.15, -0.1) is 0 Å². The maximum Gasteiger partial charge on any atom is 0.259 e. The summed E-state index contributed by atoms with van der Waals surface area (Å²) in [6.07, 6.45) is 1.14. The maximum atomic E-state index is 12.1. The van der Waals surface area contributed by atoms with Crippen LogP contribution in [0, 0.1) is 13.8 Å². The van der Waals surface area contributed by atoms with E-state index in [0.717, 1.165) is 0 Å². The largest absolute Gasteiger partial charge is 0.484 e. The minimum Gasteiger partial charge on any atom is -0.484 e. The van der Waals surface area contributed by atoms with Gasteiger partial charge in [0.15, 0.2) is 6.61 Å². The van der Waals surface area contributed by atoms with Crippen LogP contribution in [0.2, 0.25) is 0 Å². The lowest BCUT2D eigenvalue weighted by atomic mass is 10.0. The molecule has 2 aromatic carbocycles. The molecule has 0 aliphatic rings. The SMILES string of the molecule is Cc1ccc(CCC(=O)Nc2ccc(OCC(=O)N(C)C)cc2)c(C)c1. The van der Waals surface area contributed by atoms with Gasteiger partial charge >= 0.3 is 0 Å². The number of nitrogens with one attached hydrogen (secondary N) is 1. The Morgan fingerprint density at radius 1 is 1.04 bits per heavy atom. The molecule has 5 nitrogen and oxygen atoms in total. The molecule has 0 bridgehead atoms. The zero-order chi connectivity index (χ0) is 19.1. The number of rotatable bonds is 7. The van der Waals surface area contributed by atoms with Crippen LogP contribution in [-0.4, -0.2) is 37.4 Å². The van der Waals surface area contributed by atoms with Gasteiger partial charge in [0.2, 0.25) is 5.91 Å². The third kappa shape index (κ3) is 5.92. The van der Waals surface area contributed by atoms with Gasteiger partial charge in [0.1, 0.15) is 5.75 Å². The normalized spacial score (nSPS) is 10.3. The van der Waals surface area contributed by atoms with E-state index in [1.54, 1.807) is 38.4 Å². The van der Waals surface area contributed by atoms with E-state index in [1.807, 2.05) is 0 Å². The molecule has 0 unspecified atom stereocenters. The van der Waals surface area contributed by atoms with Gasteiger partial charge in [0.25, 0.3) is 5.91 Å². The van der Waals surface area contributed by atoms with Crippen molar-refractivity contribution in [3.63, 3.8) is 0 Å². The van der Waals surface area contributed by atoms with E-state index in [2.05, 4.69) is 37.4 Å². The lowest BCUT2D eigenvalue weighted by molar-refractivity contribution is -0.130. The van der Waals surface area contributed by atoms with Crippen LogP contribution in [0.3, 0.4) is 0 Å². The molecular formula is C21H26N2O3. The van der Waals surface area contributed by atoms with Crippen LogP contribution in [0.4, 0.5) is 5.69 Å². The molecule has 0 spiro atoms. The van der Waals surface area contributed by atoms with Gasteiger partial charge in [-0.05, 0) is 55.7 Å². The Bertz CT molecular complexity index is 767. The van der Waals surface area contributed by atoms with Crippen LogP contribution in [-0.2, 0) is 16.0 Å². The van der Waals surface area contributed by atoms with E-state index >= 15 is 0 Å². The summed E-state index contributed by atoms with van der Waals surface area (Å²) in [4.78, 5) is 25.1. The fourth-order valence-corrected chi connectivity index (χ4v) is 2.51. The molecule has 0 atom stereocenters. The summed E-state index contributed by atoms with van der Waals surface area (Å²) in [6, 6.07) is 13.3. The van der Waals surface area contributed by atoms with Gasteiger partial charge in [0, 0.05) is 26.2 Å². The summed E-state index contributed by atoms with van der Waals surface area (Å²) in [5, 5.41) is 2.88. The van der Waals surface area contributed by atoms with Gasteiger partial charge in [0.05, 0.1) is 0 Å². The minimum atomic E-state index is -0.103. The molecule has 26 heavy (non-hydrogen) atoms. The first-order valence-electron chi connectivity index (χ1n) is 8.64. The number of anilines is 1. The number of carbonyl (C=O) groups is 2. The highest BCUT2D eigenvalue weighted by Gasteiger charge is 2.07. The Balaban J connectivity index is 1.82. The van der Waals surface area contributed by atoms with E-state index in [4.69, 9.17) is 4.74 Å². The third-order valence-electron chi connectivity index (χ3n) is 4.12. The molecule has 5 heteroatoms. The van der Waals surface area contributed by atoms with Crippen molar-refractivity contribution in [1.29, 1.82) is 0 Å². The first-order valence-corrected chi connectivity index (χ1v) is 8.64. The number of benzene rings is 2. The molecule has 1 N–H and O–H groups in total. The van der Waals surface area contributed by atoms with Crippen molar-refractivity contribution in [1.82, 2.24) is 4.90 Å². The molecule has 0 aliphatic heterocycles. The average molecular weight is 354 g/mol. The van der Waals surface area contributed by atoms with Gasteiger partial charge in [-0.1, -0.05) is 23.8 Å². The molecular weight excluding hydrogens is 328 g/mol. The Labute approximate surface area is 155 Å². The lowest BCUT2D eigenvalue weighted by Gasteiger charge is -2.12. The van der Waals surface area contributed by atoms with Crippen LogP contribution in [0.5, 0.6) is 5.75 Å². The first-order chi connectivity index (χ1) is 12.3. The van der Waals surface area contributed by atoms with Crippen LogP contribution in [0.25, 0.3) is 0 Å². The van der Waals surface area contributed by atoms with E-state index in [-0.39, 0.29) is 18.4 Å². The summed E-state index contributed by atoms with van der Waals surface area (Å²) in [5.41, 5.74) is 4.35. The van der Waals surface area contributed by atoms with Crippen molar-refractivity contribution in [2.24, 2.45) is 0 Å². The van der Waals surface area contributed by atoms with Crippen LogP contribution >= 0.6 is 0 Å². The highest BCUT2D eigenvalue weighted by atomic mass is 16.5. The van der Waals surface area contributed by atoms with Crippen LogP contribution in [0.1, 0.15) is 23.1 Å². The molecule has 2 aromatic rings. The smallest absolute Gasteiger partial charge is 0.259 e. The number of aryl methyl sites for hydroxylation is 3. The van der Waals surface area contributed by atoms with E-state index in [9.17, 15) is 9.59 Å². The molecule has 0 heterocycles. The summed E-state index contributed by atoms with van der Waals surface area (Å²) >= 11 is 0. The molecule has 0 aliphatic carbocycles. The van der Waals surface area contributed by atoms with Crippen molar-refractivity contribution in [2.45, 2.75) is 26.7 Å². The number of ether oxygens (including phenoxy) is 1. The number of hydrogen-bond acceptors (Lipinski definition) is 3. The van der Waals surface area contributed by atoms with Gasteiger partial charge in [-0.25, -0.2) is 0 Å². The van der Waals surface area contributed by atoms with Crippen molar-refractivity contribution in [2.75, 3.05) is 26.0 Å². The third-order valence-corrected chi connectivity index (χ3v) is 4.12. The van der Waals surface area contributed by atoms with Crippen LogP contribution in [0.15, 0.2) is 42.5 Å². The fourth-order valence-electron chi connectivity index (χ4n) is 2.51. The predicted molar refractivity (Wildman–Crippen MR) is 103 cm³/mol. The molecule has 0 aromatic heterocycles. The summed E-state index contributed by atoms with van der Waals surface area (Å²) < 4.78 is 5.41. The molecule has 0 fully saturated rings. The van der Waals surface area contributed by atoms with Crippen molar-refractivity contribution in [3.8, 4) is 5.75 Å². The highest BCUT2D eigenvalue weighted by molar-refractivity contribution is 5.90. The minimum absolute atomic E-state index is 0.00535. The predicted octanol–water partition coefficient (Wildman–Crippen LogP) is 3.34. The second-order valence-corrected chi connectivity index (χ2v) is 6.58. The van der Waals surface area contributed by atoms with E-state index < -0.39 is 0 Å². The van der Waals surface area contributed by atoms with Crippen molar-refractivity contribution in [3.05, 3.63) is 59.2 Å². The zero-order valence-electron chi connectivity index (χ0n) is 15.8. The summed E-state index contributed by atoms with van der Waals surface area (Å²) in [7, 11) is 3.37. The highest BCUT2D eigenvalue weighted by Crippen LogP contribution is 2.17. The van der Waals surface area contributed by atoms with Crippen molar-refractivity contribution >= 4 is 17.5 Å². The Hall–Kier alpha value is -2.82. The van der Waals surface area contributed by atoms with Gasteiger partial charge in [-0.3, -0.25) is 9.59 Å². The van der Waals surface area contributed by atoms with E-state index in [0.29, 0.717) is 24.3 Å².